The molecule has 15 unspecified atom stereocenters. The molecular formula is C56H71N9O23S. The number of carbonyl (C=O) groups excluding carboxylic acids is 8. The lowest BCUT2D eigenvalue weighted by molar-refractivity contribution is -0.149. The van der Waals surface area contributed by atoms with Crippen molar-refractivity contribution >= 4 is 57.7 Å². The number of unbranched alkanes of at least 4 members (excludes halogenated alkanes) is 2. The number of hydrogen-bond acceptors (Lipinski definition) is 23. The molecular weight excluding hydrogens is 1200 g/mol. The van der Waals surface area contributed by atoms with E-state index in [-0.39, 0.29) is 5.56 Å². The van der Waals surface area contributed by atoms with Crippen molar-refractivity contribution in [3.63, 3.8) is 0 Å². The number of primary amides is 1. The first-order chi connectivity index (χ1) is 42.0. The molecule has 0 radical (unpaired) electrons. The molecule has 17 N–H and O–H groups in total. The molecule has 0 saturated carbocycles. The molecule has 15 atom stereocenters. The van der Waals surface area contributed by atoms with Gasteiger partial charge in [0.25, 0.3) is 5.91 Å². The summed E-state index contributed by atoms with van der Waals surface area (Å²) >= 11 is 0. The molecule has 4 aromatic rings. The maximum Gasteiger partial charge on any atom is 0.446 e. The number of aliphatic hydroxyl groups is 8. The highest BCUT2D eigenvalue weighted by atomic mass is 32.3. The van der Waals surface area contributed by atoms with Crippen LogP contribution in [0.3, 0.4) is 0 Å². The van der Waals surface area contributed by atoms with E-state index in [0.29, 0.717) is 56.9 Å². The number of fused-ring (bicyclic) bond motifs is 2. The molecule has 0 aliphatic carbocycles. The van der Waals surface area contributed by atoms with Crippen LogP contribution in [-0.2, 0) is 44.0 Å². The summed E-state index contributed by atoms with van der Waals surface area (Å²) in [7, 11) is -5.35. The van der Waals surface area contributed by atoms with Crippen molar-refractivity contribution in [2.45, 2.75) is 145 Å². The smallest absolute Gasteiger partial charge is 0.446 e. The highest BCUT2D eigenvalue weighted by Crippen LogP contribution is 2.34. The van der Waals surface area contributed by atoms with Gasteiger partial charge in [-0.1, -0.05) is 50.0 Å². The van der Waals surface area contributed by atoms with Gasteiger partial charge < -0.3 is 102 Å². The number of benzene rings is 3. The number of carbonyl (C=O) groups is 8. The van der Waals surface area contributed by atoms with Gasteiger partial charge in [0.2, 0.25) is 41.4 Å². The lowest BCUT2D eigenvalue weighted by Crippen LogP contribution is -2.64. The van der Waals surface area contributed by atoms with Crippen molar-refractivity contribution in [1.29, 1.82) is 0 Å². The lowest BCUT2D eigenvalue weighted by Gasteiger charge is -2.34. The van der Waals surface area contributed by atoms with Gasteiger partial charge in [0.15, 0.2) is 23.5 Å². The summed E-state index contributed by atoms with van der Waals surface area (Å²) in [4.78, 5) is 115. The molecule has 4 heterocycles. The van der Waals surface area contributed by atoms with Crippen LogP contribution >= 0.6 is 0 Å². The summed E-state index contributed by atoms with van der Waals surface area (Å²) in [5, 5.41) is 116. The van der Waals surface area contributed by atoms with Gasteiger partial charge in [-0.3, -0.25) is 42.9 Å². The second-order valence-corrected chi connectivity index (χ2v) is 22.9. The molecule has 0 spiro atoms. The molecule has 1 aromatic heterocycles. The van der Waals surface area contributed by atoms with Crippen molar-refractivity contribution in [1.82, 2.24) is 41.5 Å². The zero-order valence-electron chi connectivity index (χ0n) is 48.1. The topological polar surface area (TPSA) is 510 Å². The van der Waals surface area contributed by atoms with Crippen LogP contribution in [0.1, 0.15) is 81.3 Å². The maximum absolute atomic E-state index is 14.7. The monoisotopic (exact) mass is 1270 g/mol. The first kappa shape index (κ1) is 68.1. The highest BCUT2D eigenvalue weighted by molar-refractivity contribution is 7.81. The number of nitrogens with one attached hydrogen (secondary N) is 5. The first-order valence-corrected chi connectivity index (χ1v) is 29.5. The number of aromatic hydroxyl groups is 1. The Morgan fingerprint density at radius 1 is 0.787 bits per heavy atom. The molecule has 7 rings (SSSR count). The number of ether oxygens (including phenoxy) is 1. The maximum atomic E-state index is 14.7. The average Bonchev–Trinajstić information content (AvgIpc) is 2.76. The molecule has 3 aliphatic heterocycles. The largest absolute Gasteiger partial charge is 0.504 e. The fraction of sp³-hybridized carbons (Fsp3) is 0.482. The number of phenolic OH excluding ortho intramolecular Hbond substituents is 1. The summed E-state index contributed by atoms with van der Waals surface area (Å²) in [5.41, 5.74) is 6.17. The summed E-state index contributed by atoms with van der Waals surface area (Å²) in [6.07, 6.45) is -17.3. The van der Waals surface area contributed by atoms with Crippen LogP contribution in [-0.4, -0.2) is 220 Å². The first-order valence-electron chi connectivity index (χ1n) is 28.1. The van der Waals surface area contributed by atoms with Gasteiger partial charge in [-0.2, -0.15) is 8.42 Å². The Hall–Kier alpha value is -8.38. The van der Waals surface area contributed by atoms with Crippen molar-refractivity contribution in [2.24, 2.45) is 11.7 Å². The Balaban J connectivity index is 1.22. The second kappa shape index (κ2) is 29.3. The fourth-order valence-electron chi connectivity index (χ4n) is 10.3. The number of hydrogen-bond donors (Lipinski definition) is 16. The third-order valence-electron chi connectivity index (χ3n) is 15.2. The van der Waals surface area contributed by atoms with E-state index in [2.05, 4.69) is 32.2 Å². The van der Waals surface area contributed by atoms with E-state index in [1.807, 2.05) is 10.6 Å². The van der Waals surface area contributed by atoms with Crippen LogP contribution in [0.2, 0.25) is 0 Å². The molecule has 8 amide bonds. The van der Waals surface area contributed by atoms with E-state index in [4.69, 9.17) is 15.0 Å². The summed E-state index contributed by atoms with van der Waals surface area (Å²) in [6.45, 7) is 3.74. The third-order valence-corrected chi connectivity index (χ3v) is 15.6. The number of amides is 8. The van der Waals surface area contributed by atoms with E-state index >= 15 is 0 Å². The van der Waals surface area contributed by atoms with E-state index in [1.54, 1.807) is 30.3 Å². The number of rotatable bonds is 18. The SMILES string of the molecule is CCCCCOc1ccc(-c2cc(-c3ccc(C(=O)NC4CC(O)C(O)NC(=O)C5C(O)C(C)CN5C(=O)C(C(O)CC(N)=O)NC(=O)C(C(O)C(O)c5ccc(O)c(OS(=O)(=O)O)c5)NC(=O)C5CC(O)CN5C(=O)C(C(C)O)NC4=O)cc3)no2)cc1. The Bertz CT molecular complexity index is 3340. The molecule has 484 valence electrons. The van der Waals surface area contributed by atoms with E-state index in [1.165, 1.54) is 31.2 Å². The van der Waals surface area contributed by atoms with Crippen LogP contribution < -0.4 is 41.2 Å². The summed E-state index contributed by atoms with van der Waals surface area (Å²) < 4.78 is 48.1. The van der Waals surface area contributed by atoms with Crippen LogP contribution in [0.15, 0.2) is 77.3 Å². The normalized spacial score (nSPS) is 26.4. The molecule has 32 nitrogen and oxygen atoms in total. The molecule has 3 saturated heterocycles. The Morgan fingerprint density at radius 2 is 1.43 bits per heavy atom. The Labute approximate surface area is 507 Å². The number of nitrogens with zero attached hydrogens (tertiary/aromatic N) is 3. The minimum absolute atomic E-state index is 0.107. The van der Waals surface area contributed by atoms with Crippen LogP contribution in [0.4, 0.5) is 0 Å². The van der Waals surface area contributed by atoms with Gasteiger partial charge >= 0.3 is 10.4 Å². The van der Waals surface area contributed by atoms with Gasteiger partial charge in [-0.05, 0) is 67.4 Å². The number of phenols is 1. The molecule has 33 heteroatoms. The van der Waals surface area contributed by atoms with Gasteiger partial charge in [0.1, 0.15) is 66.0 Å². The van der Waals surface area contributed by atoms with Gasteiger partial charge in [-0.25, -0.2) is 0 Å². The van der Waals surface area contributed by atoms with Crippen molar-refractivity contribution in [2.75, 3.05) is 19.7 Å². The predicted octanol–water partition coefficient (Wildman–Crippen LogP) is -3.90. The minimum atomic E-state index is -5.35. The van der Waals surface area contributed by atoms with Gasteiger partial charge in [0, 0.05) is 54.6 Å². The third kappa shape index (κ3) is 16.9. The van der Waals surface area contributed by atoms with Crippen molar-refractivity contribution in [3.05, 3.63) is 83.9 Å². The van der Waals surface area contributed by atoms with Crippen LogP contribution in [0, 0.1) is 5.92 Å². The minimum Gasteiger partial charge on any atom is -0.504 e. The molecule has 3 aromatic carbocycles. The molecule has 0 bridgehead atoms. The molecule has 89 heavy (non-hydrogen) atoms. The van der Waals surface area contributed by atoms with Gasteiger partial charge in [-0.15, -0.1) is 0 Å². The number of nitrogens with two attached hydrogens (primary N) is 1. The van der Waals surface area contributed by atoms with Crippen molar-refractivity contribution in [3.8, 4) is 39.8 Å². The van der Waals surface area contributed by atoms with Gasteiger partial charge in [0.05, 0.1) is 37.4 Å². The second-order valence-electron chi connectivity index (χ2n) is 21.9. The van der Waals surface area contributed by atoms with E-state index < -0.39 is 198 Å². The quantitative estimate of drug-likeness (QED) is 0.0334. The molecule has 3 aliphatic rings. The number of aliphatic hydroxyl groups excluding tert-OH is 8. The van der Waals surface area contributed by atoms with Crippen molar-refractivity contribution < 1.29 is 111 Å². The predicted molar refractivity (Wildman–Crippen MR) is 304 cm³/mol. The van der Waals surface area contributed by atoms with Crippen LogP contribution in [0.25, 0.3) is 22.6 Å². The Morgan fingerprint density at radius 3 is 2.07 bits per heavy atom. The van der Waals surface area contributed by atoms with Crippen LogP contribution in [0.5, 0.6) is 17.2 Å². The fourth-order valence-corrected chi connectivity index (χ4v) is 10.7. The standard InChI is InChI=1S/C56H71N9O23S/c1-4-5-6-17-86-32-14-11-28(12-15-32)39-21-33(63-87-39)27-7-9-29(10-8-27)49(75)58-34-20-38(70)52(78)62-54(80)45-46(72)25(2)23-65(45)56(82)43(37(69)22-41(57)71)60-53(79)44(48(74)47(73)30-13-16-36(68)40(18-30)88-89(83,84)85)61-51(77)35-19-31(67)24-64(35)55(81)42(26(3)66)59-50(34)76/h7-16,18,21,25-26,31,34-35,37-38,42-48,52,66-70,72-74,78H,4-6,17,19-20,22-24H2,1-3H3,(H2,57,71)(H,58,75)(H,59,76)(H,60,79)(H,61,77)(H,62,80)(H,83,84,85). The summed E-state index contributed by atoms with van der Waals surface area (Å²) in [6, 6.07) is 3.52. The lowest BCUT2D eigenvalue weighted by atomic mass is 9.96. The number of aromatic nitrogens is 1. The molecule has 3 fully saturated rings. The van der Waals surface area contributed by atoms with E-state index in [9.17, 15) is 97.3 Å². The van der Waals surface area contributed by atoms with E-state index in [0.717, 1.165) is 32.3 Å². The average molecular weight is 1270 g/mol. The highest BCUT2D eigenvalue weighted by Gasteiger charge is 2.51. The Kier molecular flexibility index (Phi) is 22.4. The zero-order valence-corrected chi connectivity index (χ0v) is 48.9. The summed E-state index contributed by atoms with van der Waals surface area (Å²) in [5.74, 6) is -12.9. The zero-order chi connectivity index (χ0) is 65.3.